The second-order valence-corrected chi connectivity index (χ2v) is 8.27. The Labute approximate surface area is 194 Å². The number of hydrogen-bond acceptors (Lipinski definition) is 4. The first kappa shape index (κ1) is 25.6. The van der Waals surface area contributed by atoms with Gasteiger partial charge in [-0.05, 0) is 63.0 Å². The minimum atomic E-state index is -1.26. The van der Waals surface area contributed by atoms with Crippen LogP contribution in [0.5, 0.6) is 0 Å². The molecule has 2 aromatic carbocycles. The first-order chi connectivity index (χ1) is 15.2. The maximum absolute atomic E-state index is 9.55. The highest BCUT2D eigenvalue weighted by Crippen LogP contribution is 2.34. The predicted molar refractivity (Wildman–Crippen MR) is 125 cm³/mol. The van der Waals surface area contributed by atoms with E-state index in [9.17, 15) is 9.59 Å². The van der Waals surface area contributed by atoms with E-state index in [-0.39, 0.29) is 0 Å². The molecule has 1 aliphatic heterocycles. The summed E-state index contributed by atoms with van der Waals surface area (Å²) in [6.45, 7) is 4.12. The van der Waals surface area contributed by atoms with Gasteiger partial charge in [0.15, 0.2) is 0 Å². The molecule has 32 heavy (non-hydrogen) atoms. The molecule has 0 radical (unpaired) electrons. The second-order valence-electron chi connectivity index (χ2n) is 7.83. The van der Waals surface area contributed by atoms with Crippen LogP contribution in [0.1, 0.15) is 37.3 Å². The average Bonchev–Trinajstić information content (AvgIpc) is 3.18. The van der Waals surface area contributed by atoms with Crippen molar-refractivity contribution in [2.45, 2.75) is 37.8 Å². The number of ether oxygens (including phenoxy) is 1. The average molecular weight is 460 g/mol. The van der Waals surface area contributed by atoms with Gasteiger partial charge in [0.2, 0.25) is 0 Å². The Morgan fingerprint density at radius 3 is 2.12 bits per heavy atom. The number of halogens is 1. The first-order valence-electron chi connectivity index (χ1n) is 10.5. The monoisotopic (exact) mass is 459 g/mol. The van der Waals surface area contributed by atoms with E-state index in [0.29, 0.717) is 18.2 Å². The maximum Gasteiger partial charge on any atom is 0.328 e. The predicted octanol–water partition coefficient (Wildman–Crippen LogP) is 4.82. The number of carbonyl (C=O) groups is 2. The van der Waals surface area contributed by atoms with Crippen LogP contribution in [0.15, 0.2) is 66.7 Å². The van der Waals surface area contributed by atoms with Crippen LogP contribution >= 0.6 is 11.6 Å². The fraction of sp³-hybridized carbons (Fsp3) is 0.360. The lowest BCUT2D eigenvalue weighted by Crippen LogP contribution is -2.31. The molecule has 6 nitrogen and oxygen atoms in total. The highest BCUT2D eigenvalue weighted by molar-refractivity contribution is 6.30. The molecular formula is C25H30ClNO5. The van der Waals surface area contributed by atoms with Gasteiger partial charge in [-0.25, -0.2) is 9.59 Å². The molecule has 0 bridgehead atoms. The van der Waals surface area contributed by atoms with E-state index in [1.54, 1.807) is 0 Å². The summed E-state index contributed by atoms with van der Waals surface area (Å²) in [6.07, 6.45) is 4.77. The van der Waals surface area contributed by atoms with Gasteiger partial charge in [0.05, 0.1) is 0 Å². The molecule has 1 heterocycles. The molecule has 172 valence electrons. The van der Waals surface area contributed by atoms with Crippen molar-refractivity contribution < 1.29 is 24.5 Å². The van der Waals surface area contributed by atoms with Gasteiger partial charge in [0.1, 0.15) is 5.60 Å². The Balaban J connectivity index is 0.000000390. The van der Waals surface area contributed by atoms with Crippen molar-refractivity contribution in [3.63, 3.8) is 0 Å². The summed E-state index contributed by atoms with van der Waals surface area (Å²) >= 11 is 6.07. The number of carboxylic acid groups (broad SMARTS) is 2. The van der Waals surface area contributed by atoms with Gasteiger partial charge < -0.3 is 19.8 Å². The number of carboxylic acids is 2. The Kier molecular flexibility index (Phi) is 9.91. The Hall–Kier alpha value is -2.67. The molecule has 0 spiro atoms. The lowest BCUT2D eigenvalue weighted by molar-refractivity contribution is -0.134. The molecule has 0 aromatic heterocycles. The van der Waals surface area contributed by atoms with Crippen LogP contribution in [0.3, 0.4) is 0 Å². The molecule has 2 aromatic rings. The summed E-state index contributed by atoms with van der Waals surface area (Å²) in [4.78, 5) is 21.6. The minimum Gasteiger partial charge on any atom is -0.478 e. The third-order valence-electron chi connectivity index (χ3n) is 5.60. The molecule has 1 aliphatic rings. The van der Waals surface area contributed by atoms with Crippen molar-refractivity contribution >= 4 is 23.5 Å². The Bertz CT molecular complexity index is 884. The van der Waals surface area contributed by atoms with Crippen LogP contribution in [0.25, 0.3) is 0 Å². The maximum atomic E-state index is 9.55. The molecule has 0 saturated carbocycles. The van der Waals surface area contributed by atoms with E-state index >= 15 is 0 Å². The van der Waals surface area contributed by atoms with Gasteiger partial charge >= 0.3 is 11.9 Å². The summed E-state index contributed by atoms with van der Waals surface area (Å²) in [6, 6.07) is 19.1. The summed E-state index contributed by atoms with van der Waals surface area (Å²) in [7, 11) is 2.22. The lowest BCUT2D eigenvalue weighted by Gasteiger charge is -2.32. The van der Waals surface area contributed by atoms with E-state index in [1.165, 1.54) is 24.9 Å². The van der Waals surface area contributed by atoms with Crippen molar-refractivity contribution in [2.75, 3.05) is 20.2 Å². The summed E-state index contributed by atoms with van der Waals surface area (Å²) < 4.78 is 6.48. The van der Waals surface area contributed by atoms with Crippen molar-refractivity contribution in [1.82, 2.24) is 4.90 Å². The largest absolute Gasteiger partial charge is 0.478 e. The third kappa shape index (κ3) is 7.79. The smallest absolute Gasteiger partial charge is 0.328 e. The van der Waals surface area contributed by atoms with Crippen LogP contribution in [-0.2, 0) is 19.9 Å². The van der Waals surface area contributed by atoms with Crippen LogP contribution in [0, 0.1) is 0 Å². The normalized spacial score (nSPS) is 18.0. The Morgan fingerprint density at radius 1 is 1.06 bits per heavy atom. The first-order valence-corrected chi connectivity index (χ1v) is 10.9. The fourth-order valence-corrected chi connectivity index (χ4v) is 3.87. The van der Waals surface area contributed by atoms with Gasteiger partial charge in [0.25, 0.3) is 0 Å². The summed E-state index contributed by atoms with van der Waals surface area (Å²) in [5.41, 5.74) is 1.85. The zero-order chi connectivity index (χ0) is 23.6. The highest BCUT2D eigenvalue weighted by atomic mass is 35.5. The minimum absolute atomic E-state index is 0.455. The van der Waals surface area contributed by atoms with Gasteiger partial charge in [-0.15, -0.1) is 0 Å². The number of rotatable bonds is 8. The molecule has 1 saturated heterocycles. The van der Waals surface area contributed by atoms with Crippen molar-refractivity contribution in [3.8, 4) is 0 Å². The molecule has 1 fully saturated rings. The van der Waals surface area contributed by atoms with Crippen LogP contribution < -0.4 is 0 Å². The zero-order valence-electron chi connectivity index (χ0n) is 18.4. The van der Waals surface area contributed by atoms with Gasteiger partial charge in [-0.3, -0.25) is 0 Å². The SMILES string of the molecule is CN1CCCC1CCO[C@](C)(c1ccccc1)c1ccc(Cl)cc1.O=C(O)C=CC(=O)O. The Morgan fingerprint density at radius 2 is 1.62 bits per heavy atom. The highest BCUT2D eigenvalue weighted by Gasteiger charge is 2.30. The molecule has 2 N–H and O–H groups in total. The number of nitrogens with zero attached hydrogens (tertiary/aromatic N) is 1. The van der Waals surface area contributed by atoms with Crippen molar-refractivity contribution in [3.05, 3.63) is 82.9 Å². The van der Waals surface area contributed by atoms with E-state index in [1.807, 2.05) is 18.2 Å². The number of likely N-dealkylation sites (tertiary alicyclic amines) is 1. The van der Waals surface area contributed by atoms with Gasteiger partial charge in [-0.1, -0.05) is 54.1 Å². The van der Waals surface area contributed by atoms with Crippen LogP contribution in [0.2, 0.25) is 5.02 Å². The van der Waals surface area contributed by atoms with Crippen LogP contribution in [-0.4, -0.2) is 53.3 Å². The molecule has 1 unspecified atom stereocenters. The second kappa shape index (κ2) is 12.4. The van der Waals surface area contributed by atoms with Gasteiger partial charge in [0, 0.05) is 29.8 Å². The molecule has 0 aliphatic carbocycles. The summed E-state index contributed by atoms with van der Waals surface area (Å²) in [5.74, 6) is -2.51. The number of benzene rings is 2. The van der Waals surface area contributed by atoms with Crippen molar-refractivity contribution in [1.29, 1.82) is 0 Å². The lowest BCUT2D eigenvalue weighted by atomic mass is 9.88. The number of aliphatic carboxylic acids is 2. The van der Waals surface area contributed by atoms with E-state index in [4.69, 9.17) is 26.6 Å². The van der Waals surface area contributed by atoms with Gasteiger partial charge in [-0.2, -0.15) is 0 Å². The molecule has 2 atom stereocenters. The van der Waals surface area contributed by atoms with Crippen LogP contribution in [0.4, 0.5) is 0 Å². The molecule has 0 amide bonds. The van der Waals surface area contributed by atoms with Crippen molar-refractivity contribution in [2.24, 2.45) is 0 Å². The third-order valence-corrected chi connectivity index (χ3v) is 5.85. The van der Waals surface area contributed by atoms with E-state index in [0.717, 1.165) is 23.6 Å². The fourth-order valence-electron chi connectivity index (χ4n) is 3.74. The van der Waals surface area contributed by atoms with E-state index < -0.39 is 17.5 Å². The topological polar surface area (TPSA) is 87.1 Å². The number of hydrogen-bond donors (Lipinski definition) is 2. The van der Waals surface area contributed by atoms with E-state index in [2.05, 4.69) is 55.3 Å². The molecule has 3 rings (SSSR count). The quantitative estimate of drug-likeness (QED) is 0.550. The summed E-state index contributed by atoms with van der Waals surface area (Å²) in [5, 5.41) is 16.4. The zero-order valence-corrected chi connectivity index (χ0v) is 19.2. The molecule has 7 heteroatoms. The standard InChI is InChI=1S/C21H26ClNO.C4H4O4/c1-21(17-7-4-3-5-8-17,18-10-12-19(22)13-11-18)24-16-14-20-9-6-15-23(20)2;5-3(6)1-2-4(7)8/h3-5,7-8,10-13,20H,6,9,14-16H2,1-2H3;1-2H,(H,5,6)(H,7,8)/t20?,21-;/m1./s1. The molecular weight excluding hydrogens is 430 g/mol.